The van der Waals surface area contributed by atoms with Gasteiger partial charge in [-0.2, -0.15) is 13.2 Å². The van der Waals surface area contributed by atoms with Crippen molar-refractivity contribution in [3.05, 3.63) is 0 Å². The minimum atomic E-state index is -5.08. The van der Waals surface area contributed by atoms with Gasteiger partial charge in [-0.1, -0.05) is 0 Å². The Bertz CT molecular complexity index is 205. The number of halogens is 3. The number of hydrogen-bond donors (Lipinski definition) is 2. The molecule has 1 fully saturated rings. The molecule has 0 aromatic rings. The van der Waals surface area contributed by atoms with Crippen molar-refractivity contribution in [3.8, 4) is 0 Å². The fraction of sp³-hybridized carbons (Fsp3) is 0.875. The fourth-order valence-electron chi connectivity index (χ4n) is 0.994. The van der Waals surface area contributed by atoms with E-state index in [4.69, 9.17) is 9.90 Å². The van der Waals surface area contributed by atoms with Crippen LogP contribution >= 0.6 is 7.92 Å². The van der Waals surface area contributed by atoms with Crippen LogP contribution in [0, 0.1) is 5.92 Å². The summed E-state index contributed by atoms with van der Waals surface area (Å²) in [5.74, 6) is -1.73. The largest absolute Gasteiger partial charge is 0.490 e. The van der Waals surface area contributed by atoms with Gasteiger partial charge in [0, 0.05) is 0 Å². The molecule has 1 aliphatic rings. The van der Waals surface area contributed by atoms with Crippen molar-refractivity contribution in [2.24, 2.45) is 5.92 Å². The number of alkyl halides is 3. The van der Waals surface area contributed by atoms with E-state index in [1.54, 1.807) is 0 Å². The van der Waals surface area contributed by atoms with E-state index in [0.717, 1.165) is 5.92 Å². The van der Waals surface area contributed by atoms with Gasteiger partial charge in [0.15, 0.2) is 0 Å². The van der Waals surface area contributed by atoms with Crippen LogP contribution in [-0.4, -0.2) is 49.8 Å². The van der Waals surface area contributed by atoms with E-state index in [1.807, 2.05) is 0 Å². The van der Waals surface area contributed by atoms with Crippen molar-refractivity contribution in [3.63, 3.8) is 0 Å². The van der Waals surface area contributed by atoms with Gasteiger partial charge in [0.25, 0.3) is 0 Å². The van der Waals surface area contributed by atoms with Crippen molar-refractivity contribution in [2.45, 2.75) is 6.18 Å². The smallest absolute Gasteiger partial charge is 0.475 e. The van der Waals surface area contributed by atoms with Crippen molar-refractivity contribution in [1.29, 1.82) is 0 Å². The highest BCUT2D eigenvalue weighted by Crippen LogP contribution is 2.28. The zero-order chi connectivity index (χ0) is 12.1. The molecular formula is C8H15F3NO2P. The van der Waals surface area contributed by atoms with Gasteiger partial charge in [-0.05, 0) is 38.5 Å². The third-order valence-electron chi connectivity index (χ3n) is 1.73. The van der Waals surface area contributed by atoms with Crippen molar-refractivity contribution >= 4 is 13.9 Å². The highest BCUT2D eigenvalue weighted by Gasteiger charge is 2.38. The molecular weight excluding hydrogens is 230 g/mol. The predicted octanol–water partition coefficient (Wildman–Crippen LogP) is 1.58. The van der Waals surface area contributed by atoms with Gasteiger partial charge < -0.3 is 10.4 Å². The first kappa shape index (κ1) is 14.6. The quantitative estimate of drug-likeness (QED) is 0.726. The average molecular weight is 245 g/mol. The minimum absolute atomic E-state index is 0.366. The standard InChI is InChI=1S/C6H14NP.C2HF3O2/c1-8(2)5-6-3-7-4-6;3-2(4,5)1(6)7/h6-7H,3-5H2,1-2H3;(H,6,7). The van der Waals surface area contributed by atoms with Crippen molar-refractivity contribution in [2.75, 3.05) is 32.6 Å². The third kappa shape index (κ3) is 7.56. The first-order chi connectivity index (χ1) is 6.73. The topological polar surface area (TPSA) is 49.3 Å². The summed E-state index contributed by atoms with van der Waals surface area (Å²) in [4.78, 5) is 8.90. The Kier molecular flexibility index (Phi) is 6.13. The van der Waals surface area contributed by atoms with Crippen LogP contribution in [0.5, 0.6) is 0 Å². The maximum Gasteiger partial charge on any atom is 0.490 e. The second kappa shape index (κ2) is 6.28. The Morgan fingerprint density at radius 2 is 1.87 bits per heavy atom. The first-order valence-electron chi connectivity index (χ1n) is 4.39. The van der Waals surface area contributed by atoms with E-state index < -0.39 is 12.1 Å². The summed E-state index contributed by atoms with van der Waals surface area (Å²) >= 11 is 0. The first-order valence-corrected chi connectivity index (χ1v) is 6.81. The van der Waals surface area contributed by atoms with Crippen LogP contribution < -0.4 is 5.32 Å². The second-order valence-electron chi connectivity index (χ2n) is 3.59. The summed E-state index contributed by atoms with van der Waals surface area (Å²) in [5.41, 5.74) is 0. The predicted molar refractivity (Wildman–Crippen MR) is 53.7 cm³/mol. The summed E-state index contributed by atoms with van der Waals surface area (Å²) < 4.78 is 31.7. The molecule has 1 heterocycles. The van der Waals surface area contributed by atoms with Crippen LogP contribution in [-0.2, 0) is 4.79 Å². The molecule has 1 saturated heterocycles. The minimum Gasteiger partial charge on any atom is -0.475 e. The van der Waals surface area contributed by atoms with E-state index in [0.29, 0.717) is 7.92 Å². The summed E-state index contributed by atoms with van der Waals surface area (Å²) in [6.45, 7) is 7.27. The summed E-state index contributed by atoms with van der Waals surface area (Å²) in [5, 5.41) is 10.4. The summed E-state index contributed by atoms with van der Waals surface area (Å²) in [6, 6.07) is 0. The molecule has 0 radical (unpaired) electrons. The van der Waals surface area contributed by atoms with Crippen LogP contribution in [0.2, 0.25) is 0 Å². The van der Waals surface area contributed by atoms with Crippen molar-refractivity contribution < 1.29 is 23.1 Å². The Labute approximate surface area is 87.8 Å². The van der Waals surface area contributed by atoms with Gasteiger partial charge in [-0.25, -0.2) is 4.79 Å². The van der Waals surface area contributed by atoms with E-state index in [9.17, 15) is 13.2 Å². The van der Waals surface area contributed by atoms with Crippen LogP contribution in [0.15, 0.2) is 0 Å². The molecule has 0 saturated carbocycles. The van der Waals surface area contributed by atoms with Crippen LogP contribution in [0.25, 0.3) is 0 Å². The molecule has 2 N–H and O–H groups in total. The summed E-state index contributed by atoms with van der Waals surface area (Å²) in [7, 11) is 0.366. The van der Waals surface area contributed by atoms with E-state index in [2.05, 4.69) is 18.6 Å². The van der Waals surface area contributed by atoms with Gasteiger partial charge in [0.1, 0.15) is 0 Å². The van der Waals surface area contributed by atoms with E-state index >= 15 is 0 Å². The molecule has 15 heavy (non-hydrogen) atoms. The Balaban J connectivity index is 0.000000265. The van der Waals surface area contributed by atoms with Gasteiger partial charge in [-0.15, -0.1) is 7.92 Å². The lowest BCUT2D eigenvalue weighted by molar-refractivity contribution is -0.192. The zero-order valence-electron chi connectivity index (χ0n) is 8.64. The SMILES string of the molecule is CP(C)CC1CNC1.O=C(O)C(F)(F)F. The molecule has 0 atom stereocenters. The summed E-state index contributed by atoms with van der Waals surface area (Å²) in [6.07, 6.45) is -3.61. The normalized spacial score (nSPS) is 16.7. The molecule has 0 aliphatic carbocycles. The van der Waals surface area contributed by atoms with Crippen LogP contribution in [0.3, 0.4) is 0 Å². The highest BCUT2D eigenvalue weighted by atomic mass is 31.1. The highest BCUT2D eigenvalue weighted by molar-refractivity contribution is 7.55. The van der Waals surface area contributed by atoms with E-state index in [-0.39, 0.29) is 0 Å². The number of carboxylic acids is 1. The maximum atomic E-state index is 10.6. The molecule has 3 nitrogen and oxygen atoms in total. The number of rotatable bonds is 2. The van der Waals surface area contributed by atoms with E-state index in [1.165, 1.54) is 19.3 Å². The van der Waals surface area contributed by atoms with Crippen LogP contribution in [0.1, 0.15) is 0 Å². The zero-order valence-corrected chi connectivity index (χ0v) is 9.53. The number of aliphatic carboxylic acids is 1. The monoisotopic (exact) mass is 245 g/mol. The average Bonchev–Trinajstić information content (AvgIpc) is 1.96. The Morgan fingerprint density at radius 3 is 1.93 bits per heavy atom. The lowest BCUT2D eigenvalue weighted by Gasteiger charge is -2.28. The molecule has 1 rings (SSSR count). The molecule has 0 aromatic carbocycles. The fourth-order valence-corrected chi connectivity index (χ4v) is 2.28. The molecule has 0 unspecified atom stereocenters. The van der Waals surface area contributed by atoms with Crippen molar-refractivity contribution in [1.82, 2.24) is 5.32 Å². The Morgan fingerprint density at radius 1 is 1.47 bits per heavy atom. The molecule has 0 bridgehead atoms. The number of carboxylic acid groups (broad SMARTS) is 1. The van der Waals surface area contributed by atoms with Crippen LogP contribution in [0.4, 0.5) is 13.2 Å². The van der Waals surface area contributed by atoms with Gasteiger partial charge in [0.05, 0.1) is 0 Å². The third-order valence-corrected chi connectivity index (χ3v) is 2.98. The maximum absolute atomic E-state index is 10.6. The molecule has 0 spiro atoms. The second-order valence-corrected chi connectivity index (χ2v) is 6.11. The number of nitrogens with one attached hydrogen (secondary N) is 1. The van der Waals surface area contributed by atoms with Gasteiger partial charge >= 0.3 is 12.1 Å². The molecule has 90 valence electrons. The molecule has 0 amide bonds. The Hall–Kier alpha value is -0.350. The lowest BCUT2D eigenvalue weighted by atomic mass is 10.1. The lowest BCUT2D eigenvalue weighted by Crippen LogP contribution is -2.43. The molecule has 0 aromatic heterocycles. The van der Waals surface area contributed by atoms with Gasteiger partial charge in [-0.3, -0.25) is 0 Å². The number of carbonyl (C=O) groups is 1. The molecule has 1 aliphatic heterocycles. The van der Waals surface area contributed by atoms with Gasteiger partial charge in [0.2, 0.25) is 0 Å². The molecule has 7 heteroatoms. The number of hydrogen-bond acceptors (Lipinski definition) is 2.